The average molecular weight is 393 g/mol. The molecule has 0 bridgehead atoms. The number of fused-ring (bicyclic) bond motifs is 1. The van der Waals surface area contributed by atoms with Gasteiger partial charge >= 0.3 is 5.97 Å². The van der Waals surface area contributed by atoms with Crippen molar-refractivity contribution in [2.45, 2.75) is 0 Å². The number of halogens is 3. The van der Waals surface area contributed by atoms with Crippen molar-refractivity contribution >= 4 is 23.6 Å². The van der Waals surface area contributed by atoms with Gasteiger partial charge in [0, 0.05) is 6.08 Å². The maximum atomic E-state index is 13.5. The van der Waals surface area contributed by atoms with Crippen molar-refractivity contribution in [3.05, 3.63) is 59.4 Å². The van der Waals surface area contributed by atoms with Gasteiger partial charge in [0.2, 0.25) is 0 Å². The molecule has 2 aromatic carbocycles. The lowest BCUT2D eigenvalue weighted by Gasteiger charge is -2.18. The highest BCUT2D eigenvalue weighted by Gasteiger charge is 2.16. The zero-order chi connectivity index (χ0) is 20.1. The van der Waals surface area contributed by atoms with Crippen molar-refractivity contribution < 1.29 is 37.0 Å². The maximum absolute atomic E-state index is 13.5. The molecule has 146 valence electrons. The van der Waals surface area contributed by atoms with E-state index in [1.54, 1.807) is 18.2 Å². The van der Waals surface area contributed by atoms with Gasteiger partial charge in [-0.1, -0.05) is 6.07 Å². The monoisotopic (exact) mass is 393 g/mol. The van der Waals surface area contributed by atoms with E-state index in [1.807, 2.05) is 5.32 Å². The fourth-order valence-corrected chi connectivity index (χ4v) is 2.32. The van der Waals surface area contributed by atoms with E-state index in [2.05, 4.69) is 0 Å². The highest BCUT2D eigenvalue weighted by molar-refractivity contribution is 5.94. The van der Waals surface area contributed by atoms with Gasteiger partial charge in [-0.2, -0.15) is 0 Å². The summed E-state index contributed by atoms with van der Waals surface area (Å²) >= 11 is 0. The van der Waals surface area contributed by atoms with Crippen molar-refractivity contribution in [1.82, 2.24) is 0 Å². The van der Waals surface area contributed by atoms with Gasteiger partial charge < -0.3 is 19.5 Å². The minimum absolute atomic E-state index is 0.426. The molecule has 28 heavy (non-hydrogen) atoms. The number of anilines is 1. The third-order valence-electron chi connectivity index (χ3n) is 3.63. The van der Waals surface area contributed by atoms with Crippen LogP contribution in [0.2, 0.25) is 0 Å². The van der Waals surface area contributed by atoms with Crippen LogP contribution >= 0.6 is 0 Å². The van der Waals surface area contributed by atoms with E-state index in [-0.39, 0.29) is 0 Å². The van der Waals surface area contributed by atoms with Crippen molar-refractivity contribution in [3.8, 4) is 11.5 Å². The minimum atomic E-state index is -1.71. The molecule has 0 radical (unpaired) electrons. The van der Waals surface area contributed by atoms with Gasteiger partial charge in [0.15, 0.2) is 35.6 Å². The van der Waals surface area contributed by atoms with Crippen LogP contribution in [0.25, 0.3) is 6.08 Å². The number of hydrogen-bond donors (Lipinski definition) is 1. The molecule has 0 spiro atoms. The summed E-state index contributed by atoms with van der Waals surface area (Å²) in [7, 11) is 0. The second-order valence-corrected chi connectivity index (χ2v) is 5.62. The number of carbonyl (C=O) groups is 2. The first-order valence-corrected chi connectivity index (χ1v) is 8.12. The van der Waals surface area contributed by atoms with E-state index in [0.717, 1.165) is 12.1 Å². The minimum Gasteiger partial charge on any atom is -0.486 e. The number of rotatable bonds is 5. The van der Waals surface area contributed by atoms with Crippen LogP contribution in [0.3, 0.4) is 0 Å². The molecular formula is C19H14F3NO5. The van der Waals surface area contributed by atoms with Gasteiger partial charge in [0.25, 0.3) is 5.91 Å². The Hall–Kier alpha value is -3.49. The smallest absolute Gasteiger partial charge is 0.331 e. The molecule has 1 amide bonds. The SMILES string of the molecule is O=C(COC(=O)C=Cc1ccc2c(c1)OCCO2)Nc1ccc(F)c(F)c1F. The van der Waals surface area contributed by atoms with Crippen LogP contribution in [-0.4, -0.2) is 31.7 Å². The Morgan fingerprint density at radius 1 is 1.04 bits per heavy atom. The number of benzene rings is 2. The van der Waals surface area contributed by atoms with E-state index in [9.17, 15) is 22.8 Å². The first-order valence-electron chi connectivity index (χ1n) is 8.12. The number of ether oxygens (including phenoxy) is 3. The largest absolute Gasteiger partial charge is 0.486 e. The molecule has 0 saturated heterocycles. The predicted molar refractivity (Wildman–Crippen MR) is 92.4 cm³/mol. The van der Waals surface area contributed by atoms with E-state index in [1.165, 1.54) is 6.08 Å². The third-order valence-corrected chi connectivity index (χ3v) is 3.63. The molecule has 0 saturated carbocycles. The van der Waals surface area contributed by atoms with Crippen LogP contribution < -0.4 is 14.8 Å². The molecule has 3 rings (SSSR count). The summed E-state index contributed by atoms with van der Waals surface area (Å²) in [6.45, 7) is 0.156. The summed E-state index contributed by atoms with van der Waals surface area (Å²) in [6.07, 6.45) is 2.55. The molecule has 1 aliphatic rings. The number of carbonyl (C=O) groups excluding carboxylic acids is 2. The van der Waals surface area contributed by atoms with Crippen LogP contribution in [0.1, 0.15) is 5.56 Å². The Bertz CT molecular complexity index is 945. The standard InChI is InChI=1S/C19H14F3NO5/c20-12-3-4-13(19(22)18(12)21)23-16(24)10-28-17(25)6-2-11-1-5-14-15(9-11)27-8-7-26-14/h1-6,9H,7-8,10H2,(H,23,24). The van der Waals surface area contributed by atoms with Gasteiger partial charge in [-0.15, -0.1) is 0 Å². The second-order valence-electron chi connectivity index (χ2n) is 5.62. The Morgan fingerprint density at radius 2 is 1.79 bits per heavy atom. The van der Waals surface area contributed by atoms with Crippen molar-refractivity contribution in [1.29, 1.82) is 0 Å². The summed E-state index contributed by atoms with van der Waals surface area (Å²) in [5.74, 6) is -5.22. The quantitative estimate of drug-likeness (QED) is 0.480. The van der Waals surface area contributed by atoms with Crippen LogP contribution in [0, 0.1) is 17.5 Å². The Kier molecular flexibility index (Phi) is 5.83. The molecule has 0 aliphatic carbocycles. The predicted octanol–water partition coefficient (Wildman–Crippen LogP) is 3.07. The lowest BCUT2D eigenvalue weighted by atomic mass is 10.2. The average Bonchev–Trinajstić information content (AvgIpc) is 2.71. The summed E-state index contributed by atoms with van der Waals surface area (Å²) in [4.78, 5) is 23.4. The summed E-state index contributed by atoms with van der Waals surface area (Å²) in [6, 6.07) is 6.60. The number of esters is 1. The van der Waals surface area contributed by atoms with Crippen LogP contribution in [0.5, 0.6) is 11.5 Å². The molecule has 6 nitrogen and oxygen atoms in total. The normalized spacial score (nSPS) is 12.7. The maximum Gasteiger partial charge on any atom is 0.331 e. The Balaban J connectivity index is 1.52. The molecule has 2 aromatic rings. The van der Waals surface area contributed by atoms with Gasteiger partial charge in [-0.25, -0.2) is 18.0 Å². The van der Waals surface area contributed by atoms with Gasteiger partial charge in [0.1, 0.15) is 13.2 Å². The van der Waals surface area contributed by atoms with Crippen molar-refractivity contribution in [2.75, 3.05) is 25.1 Å². The topological polar surface area (TPSA) is 73.9 Å². The molecule has 1 N–H and O–H groups in total. The highest BCUT2D eigenvalue weighted by atomic mass is 19.2. The van der Waals surface area contributed by atoms with Gasteiger partial charge in [-0.3, -0.25) is 4.79 Å². The molecule has 9 heteroatoms. The third kappa shape index (κ3) is 4.61. The fourth-order valence-electron chi connectivity index (χ4n) is 2.32. The van der Waals surface area contributed by atoms with Crippen LogP contribution in [0.15, 0.2) is 36.4 Å². The molecule has 0 fully saturated rings. The first-order chi connectivity index (χ1) is 13.4. The van der Waals surface area contributed by atoms with Crippen LogP contribution in [0.4, 0.5) is 18.9 Å². The number of amides is 1. The van der Waals surface area contributed by atoms with E-state index < -0.39 is 41.6 Å². The number of nitrogens with one attached hydrogen (secondary N) is 1. The first kappa shape index (κ1) is 19.3. The highest BCUT2D eigenvalue weighted by Crippen LogP contribution is 2.31. The van der Waals surface area contributed by atoms with E-state index in [0.29, 0.717) is 36.3 Å². The second kappa shape index (κ2) is 8.47. The zero-order valence-electron chi connectivity index (χ0n) is 14.3. The molecule has 1 heterocycles. The van der Waals surface area contributed by atoms with Crippen molar-refractivity contribution in [3.63, 3.8) is 0 Å². The van der Waals surface area contributed by atoms with E-state index >= 15 is 0 Å². The fraction of sp³-hybridized carbons (Fsp3) is 0.158. The molecule has 0 atom stereocenters. The lowest BCUT2D eigenvalue weighted by molar-refractivity contribution is -0.142. The lowest BCUT2D eigenvalue weighted by Crippen LogP contribution is -2.21. The van der Waals surface area contributed by atoms with Crippen molar-refractivity contribution in [2.24, 2.45) is 0 Å². The van der Waals surface area contributed by atoms with Gasteiger partial charge in [-0.05, 0) is 35.9 Å². The zero-order valence-corrected chi connectivity index (χ0v) is 14.3. The molecular weight excluding hydrogens is 379 g/mol. The summed E-state index contributed by atoms with van der Waals surface area (Å²) in [5, 5.41) is 1.99. The van der Waals surface area contributed by atoms with Crippen LogP contribution in [-0.2, 0) is 14.3 Å². The molecule has 0 unspecified atom stereocenters. The Labute approximate surface area is 157 Å². The van der Waals surface area contributed by atoms with Gasteiger partial charge in [0.05, 0.1) is 5.69 Å². The molecule has 0 aromatic heterocycles. The van der Waals surface area contributed by atoms with E-state index in [4.69, 9.17) is 14.2 Å². The summed E-state index contributed by atoms with van der Waals surface area (Å²) < 4.78 is 55.0. The molecule has 1 aliphatic heterocycles. The summed E-state index contributed by atoms with van der Waals surface area (Å²) in [5.41, 5.74) is 0.0845. The number of hydrogen-bond acceptors (Lipinski definition) is 5. The Morgan fingerprint density at radius 3 is 2.57 bits per heavy atom.